The van der Waals surface area contributed by atoms with Gasteiger partial charge in [0.15, 0.2) is 0 Å². The van der Waals surface area contributed by atoms with E-state index in [-0.39, 0.29) is 13.0 Å². The van der Waals surface area contributed by atoms with Crippen LogP contribution in [0.2, 0.25) is 0 Å². The van der Waals surface area contributed by atoms with Gasteiger partial charge >= 0.3 is 5.97 Å². The summed E-state index contributed by atoms with van der Waals surface area (Å²) < 4.78 is 30.5. The lowest BCUT2D eigenvalue weighted by Gasteiger charge is -2.18. The quantitative estimate of drug-likeness (QED) is 0.628. The standard InChI is InChI=1S/C13H14F2O3/c1-2-13(14,15)11(16)8-9-18-12(17)10-6-4-3-5-7-10/h2-7,11,16H,1,8-9H2/t11-/m0/s1. The second kappa shape index (κ2) is 6.26. The number of carbonyl (C=O) groups is 1. The lowest BCUT2D eigenvalue weighted by atomic mass is 10.1. The summed E-state index contributed by atoms with van der Waals surface area (Å²) in [6.45, 7) is 2.65. The van der Waals surface area contributed by atoms with Gasteiger partial charge in [-0.2, -0.15) is 8.78 Å². The minimum Gasteiger partial charge on any atom is -0.462 e. The predicted octanol–water partition coefficient (Wildman–Crippen LogP) is 2.42. The maximum absolute atomic E-state index is 12.9. The highest BCUT2D eigenvalue weighted by atomic mass is 19.3. The molecule has 0 saturated carbocycles. The van der Waals surface area contributed by atoms with E-state index in [1.54, 1.807) is 30.3 Å². The summed E-state index contributed by atoms with van der Waals surface area (Å²) >= 11 is 0. The lowest BCUT2D eigenvalue weighted by Crippen LogP contribution is -2.32. The van der Waals surface area contributed by atoms with Gasteiger partial charge in [0, 0.05) is 6.42 Å². The number of halogens is 2. The van der Waals surface area contributed by atoms with Crippen LogP contribution in [-0.2, 0) is 4.74 Å². The third-order valence-electron chi connectivity index (χ3n) is 2.35. The van der Waals surface area contributed by atoms with Gasteiger partial charge in [-0.1, -0.05) is 24.8 Å². The molecule has 1 aromatic carbocycles. The van der Waals surface area contributed by atoms with Crippen LogP contribution in [0.3, 0.4) is 0 Å². The third kappa shape index (κ3) is 3.92. The molecule has 1 atom stereocenters. The molecule has 0 aliphatic carbocycles. The summed E-state index contributed by atoms with van der Waals surface area (Å²) in [5.41, 5.74) is 0.336. The average Bonchev–Trinajstić information content (AvgIpc) is 2.39. The molecule has 0 aromatic heterocycles. The normalized spacial score (nSPS) is 12.8. The molecule has 98 valence electrons. The largest absolute Gasteiger partial charge is 0.462 e. The number of rotatable bonds is 6. The zero-order valence-corrected chi connectivity index (χ0v) is 9.68. The smallest absolute Gasteiger partial charge is 0.338 e. The minimum absolute atomic E-state index is 0.279. The maximum atomic E-state index is 12.9. The molecule has 1 rings (SSSR count). The van der Waals surface area contributed by atoms with Gasteiger partial charge in [0.25, 0.3) is 5.92 Å². The van der Waals surface area contributed by atoms with Crippen LogP contribution in [-0.4, -0.2) is 29.7 Å². The second-order valence-electron chi connectivity index (χ2n) is 3.69. The molecule has 5 heteroatoms. The molecule has 0 fully saturated rings. The van der Waals surface area contributed by atoms with Crippen LogP contribution in [0.5, 0.6) is 0 Å². The first kappa shape index (κ1) is 14.3. The first-order chi connectivity index (χ1) is 8.47. The van der Waals surface area contributed by atoms with E-state index in [0.717, 1.165) is 0 Å². The van der Waals surface area contributed by atoms with Crippen molar-refractivity contribution in [1.82, 2.24) is 0 Å². The Morgan fingerprint density at radius 1 is 1.44 bits per heavy atom. The molecule has 3 nitrogen and oxygen atoms in total. The number of aliphatic hydroxyl groups is 1. The third-order valence-corrected chi connectivity index (χ3v) is 2.35. The molecule has 0 bridgehead atoms. The van der Waals surface area contributed by atoms with Crippen LogP contribution in [0.25, 0.3) is 0 Å². The van der Waals surface area contributed by atoms with E-state index in [0.29, 0.717) is 11.6 Å². The summed E-state index contributed by atoms with van der Waals surface area (Å²) in [4.78, 5) is 11.4. The first-order valence-corrected chi connectivity index (χ1v) is 5.39. The van der Waals surface area contributed by atoms with Crippen molar-refractivity contribution < 1.29 is 23.4 Å². The van der Waals surface area contributed by atoms with Gasteiger partial charge in [-0.15, -0.1) is 0 Å². The van der Waals surface area contributed by atoms with E-state index >= 15 is 0 Å². The van der Waals surface area contributed by atoms with E-state index in [1.807, 2.05) is 0 Å². The predicted molar refractivity (Wildman–Crippen MR) is 62.5 cm³/mol. The molecule has 0 radical (unpaired) electrons. The lowest BCUT2D eigenvalue weighted by molar-refractivity contribution is -0.0783. The topological polar surface area (TPSA) is 46.5 Å². The Kier molecular flexibility index (Phi) is 4.97. The van der Waals surface area contributed by atoms with E-state index in [2.05, 4.69) is 6.58 Å². The molecule has 0 heterocycles. The van der Waals surface area contributed by atoms with Gasteiger partial charge in [0.1, 0.15) is 6.10 Å². The van der Waals surface area contributed by atoms with Crippen molar-refractivity contribution in [3.63, 3.8) is 0 Å². The van der Waals surface area contributed by atoms with Crippen molar-refractivity contribution in [3.05, 3.63) is 48.6 Å². The van der Waals surface area contributed by atoms with Crippen LogP contribution >= 0.6 is 0 Å². The number of carbonyl (C=O) groups excluding carboxylic acids is 1. The Morgan fingerprint density at radius 2 is 2.06 bits per heavy atom. The molecule has 0 aliphatic rings. The molecule has 0 amide bonds. The van der Waals surface area contributed by atoms with Crippen molar-refractivity contribution in [2.75, 3.05) is 6.61 Å². The monoisotopic (exact) mass is 256 g/mol. The number of hydrogen-bond donors (Lipinski definition) is 1. The maximum Gasteiger partial charge on any atom is 0.338 e. The Bertz CT molecular complexity index is 404. The van der Waals surface area contributed by atoms with E-state index in [4.69, 9.17) is 9.84 Å². The Morgan fingerprint density at radius 3 is 2.61 bits per heavy atom. The number of hydrogen-bond acceptors (Lipinski definition) is 3. The SMILES string of the molecule is C=CC(F)(F)[C@@H](O)CCOC(=O)c1ccccc1. The average molecular weight is 256 g/mol. The van der Waals surface area contributed by atoms with Crippen molar-refractivity contribution in [2.24, 2.45) is 0 Å². The Hall–Kier alpha value is -1.75. The molecule has 1 aromatic rings. The molecule has 0 spiro atoms. The van der Waals surface area contributed by atoms with Crippen molar-refractivity contribution in [2.45, 2.75) is 18.4 Å². The van der Waals surface area contributed by atoms with Gasteiger partial charge in [0.05, 0.1) is 12.2 Å². The van der Waals surface area contributed by atoms with Crippen molar-refractivity contribution in [1.29, 1.82) is 0 Å². The van der Waals surface area contributed by atoms with Crippen molar-refractivity contribution >= 4 is 5.97 Å². The zero-order valence-electron chi connectivity index (χ0n) is 9.68. The highest BCUT2D eigenvalue weighted by Crippen LogP contribution is 2.21. The summed E-state index contributed by atoms with van der Waals surface area (Å²) in [5, 5.41) is 9.15. The molecule has 0 saturated heterocycles. The number of benzene rings is 1. The number of alkyl halides is 2. The van der Waals surface area contributed by atoms with Gasteiger partial charge in [0.2, 0.25) is 0 Å². The van der Waals surface area contributed by atoms with E-state index in [9.17, 15) is 13.6 Å². The Balaban J connectivity index is 2.39. The summed E-state index contributed by atoms with van der Waals surface area (Å²) in [6, 6.07) is 8.17. The van der Waals surface area contributed by atoms with Gasteiger partial charge in [-0.05, 0) is 18.2 Å². The number of aliphatic hydroxyl groups excluding tert-OH is 1. The Labute approximate surface area is 104 Å². The summed E-state index contributed by atoms with van der Waals surface area (Å²) in [6.07, 6.45) is -1.88. The highest BCUT2D eigenvalue weighted by Gasteiger charge is 2.34. The van der Waals surface area contributed by atoms with E-state index in [1.165, 1.54) is 0 Å². The van der Waals surface area contributed by atoms with Crippen LogP contribution in [0.4, 0.5) is 8.78 Å². The molecular weight excluding hydrogens is 242 g/mol. The number of ether oxygens (including phenoxy) is 1. The second-order valence-corrected chi connectivity index (χ2v) is 3.69. The summed E-state index contributed by atoms with van der Waals surface area (Å²) in [7, 11) is 0. The zero-order chi connectivity index (χ0) is 13.6. The fraction of sp³-hybridized carbons (Fsp3) is 0.308. The minimum atomic E-state index is -3.38. The van der Waals surface area contributed by atoms with Crippen LogP contribution < -0.4 is 0 Å². The molecule has 0 aliphatic heterocycles. The van der Waals surface area contributed by atoms with Gasteiger partial charge < -0.3 is 9.84 Å². The first-order valence-electron chi connectivity index (χ1n) is 5.39. The van der Waals surface area contributed by atoms with Gasteiger partial charge in [-0.25, -0.2) is 4.79 Å². The fourth-order valence-corrected chi connectivity index (χ4v) is 1.25. The van der Waals surface area contributed by atoms with Crippen LogP contribution in [0, 0.1) is 0 Å². The molecular formula is C13H14F2O3. The van der Waals surface area contributed by atoms with E-state index < -0.39 is 18.0 Å². The fourth-order valence-electron chi connectivity index (χ4n) is 1.25. The highest BCUT2D eigenvalue weighted by molar-refractivity contribution is 5.89. The molecule has 0 unspecified atom stereocenters. The summed E-state index contributed by atoms with van der Waals surface area (Å²) in [5.74, 6) is -3.98. The van der Waals surface area contributed by atoms with Crippen LogP contribution in [0.15, 0.2) is 43.0 Å². The van der Waals surface area contributed by atoms with Crippen LogP contribution in [0.1, 0.15) is 16.8 Å². The molecule has 18 heavy (non-hydrogen) atoms. The van der Waals surface area contributed by atoms with Crippen molar-refractivity contribution in [3.8, 4) is 0 Å². The number of esters is 1. The van der Waals surface area contributed by atoms with Gasteiger partial charge in [-0.3, -0.25) is 0 Å². The molecule has 1 N–H and O–H groups in total.